The van der Waals surface area contributed by atoms with Gasteiger partial charge in [-0.05, 0) is 38.4 Å². The maximum absolute atomic E-state index is 12.1. The minimum atomic E-state index is 0. The fourth-order valence-corrected chi connectivity index (χ4v) is 2.72. The predicted octanol–water partition coefficient (Wildman–Crippen LogP) is 2.16. The third kappa shape index (κ3) is 5.95. The van der Waals surface area contributed by atoms with Crippen LogP contribution in [-0.4, -0.2) is 39.7 Å². The number of hydrogen-bond acceptors (Lipinski definition) is 6. The minimum Gasteiger partial charge on any atom is -0.352 e. The van der Waals surface area contributed by atoms with Crippen LogP contribution in [0.2, 0.25) is 0 Å². The summed E-state index contributed by atoms with van der Waals surface area (Å²) < 4.78 is 5.21. The average molecular weight is 388 g/mol. The molecule has 2 N–H and O–H groups in total. The van der Waals surface area contributed by atoms with Crippen molar-refractivity contribution in [1.29, 1.82) is 0 Å². The second-order valence-electron chi connectivity index (χ2n) is 5.81. The Bertz CT molecular complexity index is 653. The third-order valence-corrected chi connectivity index (χ3v) is 4.08. The van der Waals surface area contributed by atoms with Gasteiger partial charge in [-0.1, -0.05) is 5.16 Å². The molecule has 1 amide bonds. The number of aromatic nitrogens is 3. The van der Waals surface area contributed by atoms with Gasteiger partial charge in [-0.15, -0.1) is 24.8 Å². The standard InChI is InChI=1S/C16H21N5O2.2ClH/c1-11-13(3-2-8-18-11)19-14(22)4-5-15-20-16(21-23-15)12-6-9-17-10-7-12;;/h6-7,9-11,13,18H,2-5,8H2,1H3,(H,19,22);2*1H. The molecule has 3 heterocycles. The summed E-state index contributed by atoms with van der Waals surface area (Å²) in [7, 11) is 0. The van der Waals surface area contributed by atoms with Crippen LogP contribution in [0.5, 0.6) is 0 Å². The van der Waals surface area contributed by atoms with Crippen LogP contribution in [0.4, 0.5) is 0 Å². The molecular weight excluding hydrogens is 365 g/mol. The highest BCUT2D eigenvalue weighted by atomic mass is 35.5. The highest BCUT2D eigenvalue weighted by Crippen LogP contribution is 2.15. The first-order chi connectivity index (χ1) is 11.2. The zero-order valence-corrected chi connectivity index (χ0v) is 15.6. The third-order valence-electron chi connectivity index (χ3n) is 4.08. The molecule has 0 bridgehead atoms. The molecule has 2 unspecified atom stereocenters. The zero-order chi connectivity index (χ0) is 16.1. The Hall–Kier alpha value is -1.70. The highest BCUT2D eigenvalue weighted by Gasteiger charge is 2.22. The molecule has 0 saturated carbocycles. The van der Waals surface area contributed by atoms with E-state index < -0.39 is 0 Å². The Morgan fingerprint density at radius 3 is 2.84 bits per heavy atom. The lowest BCUT2D eigenvalue weighted by Crippen LogP contribution is -2.51. The van der Waals surface area contributed by atoms with Crippen molar-refractivity contribution in [2.24, 2.45) is 0 Å². The van der Waals surface area contributed by atoms with Gasteiger partial charge in [0, 0.05) is 42.9 Å². The van der Waals surface area contributed by atoms with E-state index in [1.807, 2.05) is 12.1 Å². The fourth-order valence-electron chi connectivity index (χ4n) is 2.72. The largest absolute Gasteiger partial charge is 0.352 e. The lowest BCUT2D eigenvalue weighted by atomic mass is 10.00. The molecule has 2 aromatic heterocycles. The van der Waals surface area contributed by atoms with Crippen LogP contribution in [0.1, 0.15) is 32.1 Å². The van der Waals surface area contributed by atoms with Crippen LogP contribution in [0.25, 0.3) is 11.4 Å². The van der Waals surface area contributed by atoms with Crippen molar-refractivity contribution in [3.8, 4) is 11.4 Å². The monoisotopic (exact) mass is 387 g/mol. The molecule has 2 aromatic rings. The number of carbonyl (C=O) groups excluding carboxylic acids is 1. The van der Waals surface area contributed by atoms with Gasteiger partial charge in [0.2, 0.25) is 17.6 Å². The molecular formula is C16H23Cl2N5O2. The topological polar surface area (TPSA) is 92.9 Å². The zero-order valence-electron chi connectivity index (χ0n) is 14.0. The Morgan fingerprint density at radius 1 is 1.36 bits per heavy atom. The van der Waals surface area contributed by atoms with Crippen LogP contribution >= 0.6 is 24.8 Å². The first-order valence-electron chi connectivity index (χ1n) is 7.98. The SMILES string of the molecule is CC1NCCCC1NC(=O)CCc1nc(-c2ccncc2)no1.Cl.Cl. The van der Waals surface area contributed by atoms with Gasteiger partial charge in [-0.2, -0.15) is 4.98 Å². The van der Waals surface area contributed by atoms with Gasteiger partial charge in [0.15, 0.2) is 0 Å². The first-order valence-corrected chi connectivity index (χ1v) is 7.98. The van der Waals surface area contributed by atoms with Gasteiger partial charge in [0.1, 0.15) is 0 Å². The second kappa shape index (κ2) is 10.3. The molecule has 1 aliphatic rings. The van der Waals surface area contributed by atoms with Gasteiger partial charge < -0.3 is 15.2 Å². The van der Waals surface area contributed by atoms with Crippen LogP contribution in [0.15, 0.2) is 29.0 Å². The molecule has 1 aliphatic heterocycles. The number of hydrogen-bond donors (Lipinski definition) is 2. The van der Waals surface area contributed by atoms with E-state index in [1.165, 1.54) is 0 Å². The molecule has 0 aliphatic carbocycles. The summed E-state index contributed by atoms with van der Waals surface area (Å²) in [6.45, 7) is 3.12. The maximum atomic E-state index is 12.1. The van der Waals surface area contributed by atoms with Crippen LogP contribution in [-0.2, 0) is 11.2 Å². The van der Waals surface area contributed by atoms with E-state index >= 15 is 0 Å². The molecule has 9 heteroatoms. The molecule has 1 saturated heterocycles. The fraction of sp³-hybridized carbons (Fsp3) is 0.500. The van der Waals surface area contributed by atoms with Gasteiger partial charge in [0.05, 0.1) is 0 Å². The smallest absolute Gasteiger partial charge is 0.227 e. The number of carbonyl (C=O) groups is 1. The van der Waals surface area contributed by atoms with Crippen molar-refractivity contribution in [1.82, 2.24) is 25.8 Å². The van der Waals surface area contributed by atoms with E-state index in [0.29, 0.717) is 30.6 Å². The van der Waals surface area contributed by atoms with Gasteiger partial charge in [-0.3, -0.25) is 9.78 Å². The minimum absolute atomic E-state index is 0. The predicted molar refractivity (Wildman–Crippen MR) is 99.0 cm³/mol. The second-order valence-corrected chi connectivity index (χ2v) is 5.81. The van der Waals surface area contributed by atoms with E-state index in [4.69, 9.17) is 4.52 Å². The molecule has 2 atom stereocenters. The number of rotatable bonds is 5. The van der Waals surface area contributed by atoms with E-state index in [0.717, 1.165) is 24.9 Å². The maximum Gasteiger partial charge on any atom is 0.227 e. The van der Waals surface area contributed by atoms with E-state index in [1.54, 1.807) is 12.4 Å². The molecule has 138 valence electrons. The summed E-state index contributed by atoms with van der Waals surface area (Å²) in [6, 6.07) is 4.15. The van der Waals surface area contributed by atoms with Gasteiger partial charge >= 0.3 is 0 Å². The normalized spacial score (nSPS) is 19.4. The van der Waals surface area contributed by atoms with E-state index in [9.17, 15) is 4.79 Å². The molecule has 0 aromatic carbocycles. The Balaban J connectivity index is 0.00000156. The summed E-state index contributed by atoms with van der Waals surface area (Å²) >= 11 is 0. The Kier molecular flexibility index (Phi) is 8.82. The average Bonchev–Trinajstić information content (AvgIpc) is 3.05. The lowest BCUT2D eigenvalue weighted by Gasteiger charge is -2.30. The van der Waals surface area contributed by atoms with Gasteiger partial charge in [-0.25, -0.2) is 0 Å². The van der Waals surface area contributed by atoms with E-state index in [-0.39, 0.29) is 36.8 Å². The Morgan fingerprint density at radius 2 is 2.12 bits per heavy atom. The van der Waals surface area contributed by atoms with Crippen molar-refractivity contribution in [2.75, 3.05) is 6.54 Å². The van der Waals surface area contributed by atoms with Crippen molar-refractivity contribution in [3.63, 3.8) is 0 Å². The van der Waals surface area contributed by atoms with Crippen LogP contribution in [0, 0.1) is 0 Å². The molecule has 7 nitrogen and oxygen atoms in total. The van der Waals surface area contributed by atoms with Gasteiger partial charge in [0.25, 0.3) is 0 Å². The highest BCUT2D eigenvalue weighted by molar-refractivity contribution is 5.85. The number of nitrogens with zero attached hydrogens (tertiary/aromatic N) is 3. The van der Waals surface area contributed by atoms with Crippen LogP contribution in [0.3, 0.4) is 0 Å². The lowest BCUT2D eigenvalue weighted by molar-refractivity contribution is -0.122. The van der Waals surface area contributed by atoms with Crippen molar-refractivity contribution in [3.05, 3.63) is 30.4 Å². The van der Waals surface area contributed by atoms with E-state index in [2.05, 4.69) is 32.7 Å². The van der Waals surface area contributed by atoms with Crippen molar-refractivity contribution < 1.29 is 9.32 Å². The number of amides is 1. The number of pyridine rings is 1. The van der Waals surface area contributed by atoms with Crippen molar-refractivity contribution >= 4 is 30.7 Å². The first kappa shape index (κ1) is 21.3. The molecule has 0 radical (unpaired) electrons. The summed E-state index contributed by atoms with van der Waals surface area (Å²) in [5.74, 6) is 1.02. The van der Waals surface area contributed by atoms with Crippen LogP contribution < -0.4 is 10.6 Å². The summed E-state index contributed by atoms with van der Waals surface area (Å²) in [4.78, 5) is 20.3. The summed E-state index contributed by atoms with van der Waals surface area (Å²) in [6.07, 6.45) is 6.26. The number of aryl methyl sites for hydroxylation is 1. The molecule has 25 heavy (non-hydrogen) atoms. The number of halogens is 2. The molecule has 3 rings (SSSR count). The summed E-state index contributed by atoms with van der Waals surface area (Å²) in [5.41, 5.74) is 0.849. The summed E-state index contributed by atoms with van der Waals surface area (Å²) in [5, 5.41) is 10.4. The quantitative estimate of drug-likeness (QED) is 0.816. The van der Waals surface area contributed by atoms with Crippen molar-refractivity contribution in [2.45, 2.75) is 44.7 Å². The number of piperidine rings is 1. The number of nitrogens with one attached hydrogen (secondary N) is 2. The Labute approximate surface area is 159 Å². The molecule has 1 fully saturated rings. The molecule has 0 spiro atoms.